The fraction of sp³-hybridized carbons (Fsp3) is 0.444. The van der Waals surface area contributed by atoms with Crippen molar-refractivity contribution in [1.82, 2.24) is 4.90 Å². The third kappa shape index (κ3) is 5.33. The molecule has 0 bridgehead atoms. The van der Waals surface area contributed by atoms with Crippen LogP contribution in [0.15, 0.2) is 54.3 Å². The van der Waals surface area contributed by atoms with Gasteiger partial charge in [0.2, 0.25) is 0 Å². The highest BCUT2D eigenvalue weighted by atomic mass is 16.6. The van der Waals surface area contributed by atoms with Crippen LogP contribution < -0.4 is 9.80 Å². The van der Waals surface area contributed by atoms with E-state index >= 15 is 0 Å². The van der Waals surface area contributed by atoms with Gasteiger partial charge in [0.25, 0.3) is 0 Å². The van der Waals surface area contributed by atoms with E-state index in [-0.39, 0.29) is 12.6 Å². The van der Waals surface area contributed by atoms with E-state index in [1.165, 1.54) is 11.4 Å². The number of aryl methyl sites for hydroxylation is 1. The second-order valence-electron chi connectivity index (χ2n) is 8.58. The summed E-state index contributed by atoms with van der Waals surface area (Å²) in [6, 6.07) is 16.6. The summed E-state index contributed by atoms with van der Waals surface area (Å²) >= 11 is 0. The molecule has 1 saturated heterocycles. The number of carbonyl (C=O) groups is 1. The lowest BCUT2D eigenvalue weighted by molar-refractivity contribution is -0.134. The van der Waals surface area contributed by atoms with E-state index < -0.39 is 0 Å². The van der Waals surface area contributed by atoms with Gasteiger partial charge in [0.15, 0.2) is 0 Å². The summed E-state index contributed by atoms with van der Waals surface area (Å²) in [7, 11) is 0. The van der Waals surface area contributed by atoms with E-state index in [2.05, 4.69) is 52.8 Å². The molecular weight excluding hydrogens is 414 g/mol. The quantitative estimate of drug-likeness (QED) is 0.540. The zero-order valence-electron chi connectivity index (χ0n) is 20.0. The number of nitrogens with zero attached hydrogens (tertiary/aromatic N) is 3. The van der Waals surface area contributed by atoms with Crippen LogP contribution in [0.5, 0.6) is 0 Å². The summed E-state index contributed by atoms with van der Waals surface area (Å²) < 4.78 is 11.3. The van der Waals surface area contributed by atoms with Crippen LogP contribution in [0.3, 0.4) is 0 Å². The largest absolute Gasteiger partial charge is 0.492 e. The SMILES string of the molecule is CCN(CC)c1ccccc1N1CCN(CCOC2=C(c3ccc(C)cc3)C(=O)OC2)CC1. The Labute approximate surface area is 197 Å². The molecule has 4 rings (SSSR count). The number of hydrogen-bond acceptors (Lipinski definition) is 6. The molecule has 0 radical (unpaired) electrons. The Morgan fingerprint density at radius 2 is 1.67 bits per heavy atom. The number of rotatable bonds is 9. The molecule has 0 spiro atoms. The van der Waals surface area contributed by atoms with Gasteiger partial charge in [-0.25, -0.2) is 4.79 Å². The van der Waals surface area contributed by atoms with Crippen LogP contribution in [0.25, 0.3) is 5.57 Å². The van der Waals surface area contributed by atoms with Crippen LogP contribution in [0.1, 0.15) is 25.0 Å². The average molecular weight is 450 g/mol. The van der Waals surface area contributed by atoms with Gasteiger partial charge >= 0.3 is 5.97 Å². The Bertz CT molecular complexity index is 974. The first-order valence-electron chi connectivity index (χ1n) is 12.0. The first-order chi connectivity index (χ1) is 16.1. The molecule has 33 heavy (non-hydrogen) atoms. The third-order valence-electron chi connectivity index (χ3n) is 6.54. The minimum absolute atomic E-state index is 0.220. The van der Waals surface area contributed by atoms with Crippen LogP contribution in [0.4, 0.5) is 11.4 Å². The molecule has 0 atom stereocenters. The summed E-state index contributed by atoms with van der Waals surface area (Å²) in [5, 5.41) is 0. The summed E-state index contributed by atoms with van der Waals surface area (Å²) in [4.78, 5) is 19.6. The third-order valence-corrected chi connectivity index (χ3v) is 6.54. The number of benzene rings is 2. The van der Waals surface area contributed by atoms with Crippen LogP contribution in [-0.4, -0.2) is 69.9 Å². The predicted molar refractivity (Wildman–Crippen MR) is 134 cm³/mol. The zero-order chi connectivity index (χ0) is 23.2. The van der Waals surface area contributed by atoms with Crippen molar-refractivity contribution in [1.29, 1.82) is 0 Å². The number of esters is 1. The monoisotopic (exact) mass is 449 g/mol. The van der Waals surface area contributed by atoms with Crippen molar-refractivity contribution in [3.05, 3.63) is 65.4 Å². The standard InChI is InChI=1S/C27H35N3O3/c1-4-29(5-2)23-8-6-7-9-24(23)30-16-14-28(15-17-30)18-19-32-25-20-33-27(31)26(25)22-12-10-21(3)11-13-22/h6-13H,4-5,14-20H2,1-3H3. The molecule has 0 aromatic heterocycles. The Hall–Kier alpha value is -2.99. The highest BCUT2D eigenvalue weighted by molar-refractivity contribution is 6.18. The lowest BCUT2D eigenvalue weighted by atomic mass is 10.0. The summed E-state index contributed by atoms with van der Waals surface area (Å²) in [5.74, 6) is 0.352. The number of cyclic esters (lactones) is 1. The molecule has 2 heterocycles. The molecule has 1 fully saturated rings. The minimum Gasteiger partial charge on any atom is -0.492 e. The van der Waals surface area contributed by atoms with Crippen molar-refractivity contribution >= 4 is 22.9 Å². The van der Waals surface area contributed by atoms with Gasteiger partial charge in [-0.3, -0.25) is 4.90 Å². The zero-order valence-corrected chi connectivity index (χ0v) is 20.0. The fourth-order valence-electron chi connectivity index (χ4n) is 4.58. The van der Waals surface area contributed by atoms with Crippen molar-refractivity contribution in [3.63, 3.8) is 0 Å². The minimum atomic E-state index is -0.297. The van der Waals surface area contributed by atoms with Crippen molar-refractivity contribution in [3.8, 4) is 0 Å². The van der Waals surface area contributed by atoms with Gasteiger partial charge in [-0.15, -0.1) is 0 Å². The van der Waals surface area contributed by atoms with E-state index in [1.54, 1.807) is 0 Å². The first-order valence-corrected chi connectivity index (χ1v) is 12.0. The summed E-state index contributed by atoms with van der Waals surface area (Å²) in [6.45, 7) is 14.1. The smallest absolute Gasteiger partial charge is 0.342 e. The molecule has 0 saturated carbocycles. The lowest BCUT2D eigenvalue weighted by Gasteiger charge is -2.38. The summed E-state index contributed by atoms with van der Waals surface area (Å²) in [6.07, 6.45) is 0. The predicted octanol–water partition coefficient (Wildman–Crippen LogP) is 3.95. The molecule has 176 valence electrons. The molecule has 0 aliphatic carbocycles. The number of para-hydroxylation sites is 2. The second-order valence-corrected chi connectivity index (χ2v) is 8.58. The molecule has 0 N–H and O–H groups in total. The lowest BCUT2D eigenvalue weighted by Crippen LogP contribution is -2.47. The molecule has 2 aromatic rings. The molecule has 6 nitrogen and oxygen atoms in total. The number of piperazine rings is 1. The summed E-state index contributed by atoms with van der Waals surface area (Å²) in [5.41, 5.74) is 5.23. The van der Waals surface area contributed by atoms with Crippen LogP contribution >= 0.6 is 0 Å². The highest BCUT2D eigenvalue weighted by Crippen LogP contribution is 2.30. The van der Waals surface area contributed by atoms with Crippen LogP contribution in [0.2, 0.25) is 0 Å². The maximum absolute atomic E-state index is 12.2. The van der Waals surface area contributed by atoms with Crippen molar-refractivity contribution in [2.75, 3.05) is 68.8 Å². The molecule has 0 unspecified atom stereocenters. The highest BCUT2D eigenvalue weighted by Gasteiger charge is 2.28. The van der Waals surface area contributed by atoms with E-state index in [4.69, 9.17) is 9.47 Å². The molecule has 2 aromatic carbocycles. The molecule has 6 heteroatoms. The van der Waals surface area contributed by atoms with Gasteiger partial charge in [0.05, 0.1) is 11.4 Å². The first kappa shape index (κ1) is 23.2. The van der Waals surface area contributed by atoms with Crippen molar-refractivity contribution < 1.29 is 14.3 Å². The van der Waals surface area contributed by atoms with E-state index in [9.17, 15) is 4.79 Å². The number of anilines is 2. The van der Waals surface area contributed by atoms with Crippen LogP contribution in [0, 0.1) is 6.92 Å². The number of carbonyl (C=O) groups excluding carboxylic acids is 1. The number of ether oxygens (including phenoxy) is 2. The molecular formula is C27H35N3O3. The Morgan fingerprint density at radius 3 is 2.36 bits per heavy atom. The van der Waals surface area contributed by atoms with Crippen molar-refractivity contribution in [2.45, 2.75) is 20.8 Å². The van der Waals surface area contributed by atoms with Gasteiger partial charge in [0, 0.05) is 45.8 Å². The molecule has 2 aliphatic heterocycles. The topological polar surface area (TPSA) is 45.2 Å². The maximum atomic E-state index is 12.2. The maximum Gasteiger partial charge on any atom is 0.342 e. The normalized spacial score (nSPS) is 16.8. The van der Waals surface area contributed by atoms with Gasteiger partial charge in [-0.1, -0.05) is 42.0 Å². The Kier molecular flexibility index (Phi) is 7.55. The molecule has 0 amide bonds. The Balaban J connectivity index is 1.32. The number of hydrogen-bond donors (Lipinski definition) is 0. The van der Waals surface area contributed by atoms with Crippen LogP contribution in [-0.2, 0) is 14.3 Å². The van der Waals surface area contributed by atoms with E-state index in [1.807, 2.05) is 31.2 Å². The van der Waals surface area contributed by atoms with Gasteiger partial charge in [-0.2, -0.15) is 0 Å². The van der Waals surface area contributed by atoms with Crippen molar-refractivity contribution in [2.24, 2.45) is 0 Å². The second kappa shape index (κ2) is 10.8. The molecule has 2 aliphatic rings. The Morgan fingerprint density at radius 1 is 0.970 bits per heavy atom. The fourth-order valence-corrected chi connectivity index (χ4v) is 4.58. The van der Waals surface area contributed by atoms with E-state index in [0.717, 1.165) is 56.9 Å². The average Bonchev–Trinajstić information content (AvgIpc) is 3.21. The van der Waals surface area contributed by atoms with Gasteiger partial charge in [-0.05, 0) is 38.5 Å². The van der Waals surface area contributed by atoms with E-state index in [0.29, 0.717) is 17.9 Å². The van der Waals surface area contributed by atoms with Gasteiger partial charge in [0.1, 0.15) is 24.5 Å². The van der Waals surface area contributed by atoms with Gasteiger partial charge < -0.3 is 19.3 Å².